The molecular formula is C21H19F4N5O3S2. The number of hydrogen-bond donors (Lipinski definition) is 4. The van der Waals surface area contributed by atoms with Crippen molar-refractivity contribution < 1.29 is 30.8 Å². The Balaban J connectivity index is 2.03. The van der Waals surface area contributed by atoms with Crippen molar-refractivity contribution in [2.24, 2.45) is 5.73 Å². The third kappa shape index (κ3) is 5.83. The smallest absolute Gasteiger partial charge is 0.300 e. The molecule has 0 spiro atoms. The van der Waals surface area contributed by atoms with E-state index in [2.05, 4.69) is 10.3 Å². The molecule has 0 unspecified atom stereocenters. The fourth-order valence-electron chi connectivity index (χ4n) is 3.06. The van der Waals surface area contributed by atoms with Crippen molar-refractivity contribution >= 4 is 45.1 Å². The first kappa shape index (κ1) is 26.2. The number of nitrogens with zero attached hydrogens (tertiary/aromatic N) is 1. The molecule has 35 heavy (non-hydrogen) atoms. The van der Waals surface area contributed by atoms with Gasteiger partial charge in [0.15, 0.2) is 23.3 Å². The Hall–Kier alpha value is -3.36. The second kappa shape index (κ2) is 10.5. The molecule has 0 bridgehead atoms. The average molecular weight is 530 g/mol. The van der Waals surface area contributed by atoms with Gasteiger partial charge in [-0.05, 0) is 47.7 Å². The van der Waals surface area contributed by atoms with Crippen molar-refractivity contribution in [3.63, 3.8) is 0 Å². The average Bonchev–Trinajstić information content (AvgIpc) is 2.81. The summed E-state index contributed by atoms with van der Waals surface area (Å²) in [5, 5.41) is 2.36. The van der Waals surface area contributed by atoms with Crippen LogP contribution in [0, 0.1) is 23.3 Å². The highest BCUT2D eigenvalue weighted by atomic mass is 32.2. The fourth-order valence-corrected chi connectivity index (χ4v) is 3.98. The molecule has 0 saturated carbocycles. The van der Waals surface area contributed by atoms with E-state index in [4.69, 9.17) is 5.73 Å². The number of carbonyl (C=O) groups is 1. The Morgan fingerprint density at radius 3 is 2.37 bits per heavy atom. The number of aromatic nitrogens is 1. The lowest BCUT2D eigenvalue weighted by Crippen LogP contribution is -2.27. The summed E-state index contributed by atoms with van der Waals surface area (Å²) in [5.74, 6) is -6.69. The van der Waals surface area contributed by atoms with Crippen LogP contribution in [0.2, 0.25) is 0 Å². The van der Waals surface area contributed by atoms with Crippen LogP contribution in [0.1, 0.15) is 21.5 Å². The van der Waals surface area contributed by atoms with Crippen molar-refractivity contribution in [1.29, 1.82) is 0 Å². The predicted molar refractivity (Wildman–Crippen MR) is 125 cm³/mol. The number of amides is 1. The summed E-state index contributed by atoms with van der Waals surface area (Å²) >= 11 is 1.27. The monoisotopic (exact) mass is 529 g/mol. The van der Waals surface area contributed by atoms with Crippen LogP contribution in [0.15, 0.2) is 41.4 Å². The molecule has 0 atom stereocenters. The first-order valence-corrected chi connectivity index (χ1v) is 12.4. The minimum absolute atomic E-state index is 0.224. The molecule has 0 aliphatic rings. The number of benzene rings is 2. The summed E-state index contributed by atoms with van der Waals surface area (Å²) in [5.41, 5.74) is 3.23. The maximum atomic E-state index is 15.0. The first-order valence-electron chi connectivity index (χ1n) is 9.73. The van der Waals surface area contributed by atoms with E-state index in [1.807, 2.05) is 9.44 Å². The van der Waals surface area contributed by atoms with Crippen molar-refractivity contribution in [3.05, 3.63) is 76.5 Å². The van der Waals surface area contributed by atoms with Crippen LogP contribution >= 0.6 is 11.8 Å². The molecule has 3 aromatic rings. The fraction of sp³-hybridized carbons (Fsp3) is 0.143. The lowest BCUT2D eigenvalue weighted by atomic mass is 10.00. The quantitative estimate of drug-likeness (QED) is 0.248. The number of rotatable bonds is 9. The molecule has 1 amide bonds. The Labute approximate surface area is 202 Å². The zero-order valence-corrected chi connectivity index (χ0v) is 19.9. The van der Waals surface area contributed by atoms with Crippen LogP contribution in [-0.2, 0) is 16.6 Å². The van der Waals surface area contributed by atoms with E-state index in [1.54, 1.807) is 6.26 Å². The molecule has 1 aromatic heterocycles. The van der Waals surface area contributed by atoms with Gasteiger partial charge in [0.1, 0.15) is 5.82 Å². The molecule has 0 aliphatic carbocycles. The maximum Gasteiger partial charge on any atom is 0.300 e. The Kier molecular flexibility index (Phi) is 7.87. The van der Waals surface area contributed by atoms with Crippen molar-refractivity contribution in [2.75, 3.05) is 23.3 Å². The van der Waals surface area contributed by atoms with Gasteiger partial charge in [-0.25, -0.2) is 27.3 Å². The highest BCUT2D eigenvalue weighted by molar-refractivity contribution is 7.98. The number of carbonyl (C=O) groups excluding carboxylic acids is 1. The van der Waals surface area contributed by atoms with E-state index in [9.17, 15) is 26.4 Å². The molecule has 1 heterocycles. The molecule has 5 N–H and O–H groups in total. The van der Waals surface area contributed by atoms with E-state index in [0.29, 0.717) is 4.90 Å². The summed E-state index contributed by atoms with van der Waals surface area (Å²) in [6, 6.07) is 6.04. The number of nitrogens with one attached hydrogen (secondary N) is 3. The van der Waals surface area contributed by atoms with Crippen molar-refractivity contribution in [2.45, 2.75) is 11.3 Å². The lowest BCUT2D eigenvalue weighted by Gasteiger charge is -2.16. The highest BCUT2D eigenvalue weighted by Crippen LogP contribution is 2.32. The summed E-state index contributed by atoms with van der Waals surface area (Å²) < 4.78 is 86.2. The predicted octanol–water partition coefficient (Wildman–Crippen LogP) is 3.67. The van der Waals surface area contributed by atoms with Gasteiger partial charge in [-0.15, -0.1) is 11.8 Å². The molecule has 0 aliphatic heterocycles. The molecule has 8 nitrogen and oxygen atoms in total. The van der Waals surface area contributed by atoms with E-state index < -0.39 is 68.4 Å². The van der Waals surface area contributed by atoms with Gasteiger partial charge in [0.25, 0.3) is 16.1 Å². The van der Waals surface area contributed by atoms with Crippen LogP contribution in [-0.4, -0.2) is 32.6 Å². The molecule has 0 radical (unpaired) electrons. The minimum atomic E-state index is -4.10. The van der Waals surface area contributed by atoms with Gasteiger partial charge in [-0.2, -0.15) is 8.42 Å². The van der Waals surface area contributed by atoms with Gasteiger partial charge >= 0.3 is 0 Å². The van der Waals surface area contributed by atoms with Crippen molar-refractivity contribution in [1.82, 2.24) is 9.71 Å². The summed E-state index contributed by atoms with van der Waals surface area (Å²) in [6.45, 7) is 0. The summed E-state index contributed by atoms with van der Waals surface area (Å²) in [7, 11) is -3.01. The number of primary amides is 1. The third-order valence-corrected chi connectivity index (χ3v) is 6.56. The maximum absolute atomic E-state index is 15.0. The van der Waals surface area contributed by atoms with Crippen LogP contribution in [0.3, 0.4) is 0 Å². The molecule has 186 valence electrons. The van der Waals surface area contributed by atoms with Gasteiger partial charge in [0.2, 0.25) is 0 Å². The van der Waals surface area contributed by atoms with Crippen molar-refractivity contribution in [3.8, 4) is 0 Å². The molecular weight excluding hydrogens is 510 g/mol. The third-order valence-electron chi connectivity index (χ3n) is 4.83. The SMILES string of the molecule is CNS(=O)(=O)Nc1nccc(Cc2cc(C(N)=O)c(Nc3ccc(SC)cc3F)c(F)c2F)c1F. The second-order valence-electron chi connectivity index (χ2n) is 7.04. The van der Waals surface area contributed by atoms with Gasteiger partial charge in [0, 0.05) is 24.6 Å². The van der Waals surface area contributed by atoms with Gasteiger partial charge in [-0.3, -0.25) is 9.52 Å². The first-order chi connectivity index (χ1) is 16.5. The number of hydrogen-bond acceptors (Lipinski definition) is 6. The van der Waals surface area contributed by atoms with Gasteiger partial charge in [-0.1, -0.05) is 0 Å². The zero-order chi connectivity index (χ0) is 25.9. The number of anilines is 3. The van der Waals surface area contributed by atoms with E-state index >= 15 is 4.39 Å². The van der Waals surface area contributed by atoms with Crippen LogP contribution in [0.25, 0.3) is 0 Å². The van der Waals surface area contributed by atoms with Gasteiger partial charge in [0.05, 0.1) is 16.9 Å². The molecule has 14 heteroatoms. The van der Waals surface area contributed by atoms with Crippen LogP contribution in [0.5, 0.6) is 0 Å². The molecule has 3 rings (SSSR count). The summed E-state index contributed by atoms with van der Waals surface area (Å²) in [6.07, 6.45) is 2.21. The topological polar surface area (TPSA) is 126 Å². The Morgan fingerprint density at radius 2 is 1.77 bits per heavy atom. The normalized spacial score (nSPS) is 11.4. The molecule has 0 fully saturated rings. The summed E-state index contributed by atoms with van der Waals surface area (Å²) in [4.78, 5) is 16.2. The van der Waals surface area contributed by atoms with Crippen LogP contribution < -0.4 is 20.5 Å². The number of halogens is 4. The minimum Gasteiger partial charge on any atom is -0.366 e. The van der Waals surface area contributed by atoms with Crippen LogP contribution in [0.4, 0.5) is 34.8 Å². The largest absolute Gasteiger partial charge is 0.366 e. The molecule has 0 saturated heterocycles. The van der Waals surface area contributed by atoms with E-state index in [1.165, 1.54) is 30.0 Å². The van der Waals surface area contributed by atoms with E-state index in [-0.39, 0.29) is 11.3 Å². The number of thioether (sulfide) groups is 1. The molecule has 2 aromatic carbocycles. The number of nitrogens with two attached hydrogens (primary N) is 1. The Morgan fingerprint density at radius 1 is 1.06 bits per heavy atom. The van der Waals surface area contributed by atoms with E-state index in [0.717, 1.165) is 25.4 Å². The van der Waals surface area contributed by atoms with Gasteiger partial charge < -0.3 is 11.1 Å². The highest BCUT2D eigenvalue weighted by Gasteiger charge is 2.24. The second-order valence-corrected chi connectivity index (χ2v) is 9.54. The number of pyridine rings is 1. The zero-order valence-electron chi connectivity index (χ0n) is 18.2. The lowest BCUT2D eigenvalue weighted by molar-refractivity contribution is 0.100. The Bertz CT molecular complexity index is 1400. The standard InChI is InChI=1S/C21H19F4N5O3S2/c1-27-35(32,33)30-21-17(24)10(5-6-28-21)7-11-8-13(20(26)31)19(18(25)16(11)23)29-15-4-3-12(34-2)9-14(15)22/h3-6,8-9,27,29H,7H2,1-2H3,(H2,26,31)(H,28,30).